The van der Waals surface area contributed by atoms with Gasteiger partial charge in [-0.3, -0.25) is 9.59 Å². The van der Waals surface area contributed by atoms with E-state index in [1.165, 1.54) is 6.92 Å². The summed E-state index contributed by atoms with van der Waals surface area (Å²) >= 11 is 0. The van der Waals surface area contributed by atoms with E-state index in [1.807, 2.05) is 30.3 Å². The number of carbonyl (C=O) groups is 2. The van der Waals surface area contributed by atoms with Gasteiger partial charge in [-0.1, -0.05) is 30.3 Å². The average molecular weight is 221 g/mol. The molecule has 0 fully saturated rings. The molecular formula is C12H15NO3. The van der Waals surface area contributed by atoms with Gasteiger partial charge in [0, 0.05) is 6.54 Å². The number of ketones is 1. The van der Waals surface area contributed by atoms with Crippen molar-refractivity contribution in [1.29, 1.82) is 0 Å². The lowest BCUT2D eigenvalue weighted by Crippen LogP contribution is -2.36. The first-order valence-corrected chi connectivity index (χ1v) is 5.09. The van der Waals surface area contributed by atoms with E-state index in [0.717, 1.165) is 5.56 Å². The quantitative estimate of drug-likeness (QED) is 0.757. The number of hydrogen-bond donors (Lipinski definition) is 2. The Morgan fingerprint density at radius 2 is 1.94 bits per heavy atom. The van der Waals surface area contributed by atoms with Crippen LogP contribution in [0.3, 0.4) is 0 Å². The van der Waals surface area contributed by atoms with Gasteiger partial charge in [0.1, 0.15) is 5.78 Å². The number of nitrogens with one attached hydrogen (secondary N) is 1. The molecule has 0 radical (unpaired) electrons. The van der Waals surface area contributed by atoms with Crippen LogP contribution in [0, 0.1) is 0 Å². The molecule has 86 valence electrons. The fourth-order valence-electron chi connectivity index (χ4n) is 1.37. The molecule has 1 aromatic rings. The Labute approximate surface area is 94.3 Å². The van der Waals surface area contributed by atoms with E-state index >= 15 is 0 Å². The largest absolute Gasteiger partial charge is 0.481 e. The molecule has 4 nitrogen and oxygen atoms in total. The van der Waals surface area contributed by atoms with Crippen LogP contribution in [-0.2, 0) is 16.1 Å². The molecule has 0 aliphatic heterocycles. The number of carboxylic acid groups (broad SMARTS) is 1. The summed E-state index contributed by atoms with van der Waals surface area (Å²) in [5, 5.41) is 11.6. The Morgan fingerprint density at radius 1 is 1.31 bits per heavy atom. The molecule has 2 N–H and O–H groups in total. The average Bonchev–Trinajstić information content (AvgIpc) is 2.25. The molecule has 0 heterocycles. The molecule has 0 aliphatic carbocycles. The summed E-state index contributed by atoms with van der Waals surface area (Å²) in [7, 11) is 0. The third-order valence-corrected chi connectivity index (χ3v) is 2.26. The maximum Gasteiger partial charge on any atom is 0.305 e. The molecule has 0 saturated heterocycles. The number of carboxylic acids is 1. The zero-order valence-corrected chi connectivity index (χ0v) is 9.14. The Kier molecular flexibility index (Phi) is 4.66. The van der Waals surface area contributed by atoms with Gasteiger partial charge in [0.05, 0.1) is 12.5 Å². The van der Waals surface area contributed by atoms with E-state index in [9.17, 15) is 9.59 Å². The second-order valence-electron chi connectivity index (χ2n) is 3.63. The van der Waals surface area contributed by atoms with Crippen molar-refractivity contribution in [3.8, 4) is 0 Å². The molecule has 0 saturated carbocycles. The van der Waals surface area contributed by atoms with E-state index in [0.29, 0.717) is 6.54 Å². The number of Topliss-reactive ketones (excluding diaryl/α,β-unsaturated/α-hetero) is 1. The highest BCUT2D eigenvalue weighted by atomic mass is 16.4. The first kappa shape index (κ1) is 12.4. The summed E-state index contributed by atoms with van der Waals surface area (Å²) < 4.78 is 0. The van der Waals surface area contributed by atoms with Gasteiger partial charge >= 0.3 is 5.97 Å². The Morgan fingerprint density at radius 3 is 2.44 bits per heavy atom. The molecule has 0 bridgehead atoms. The van der Waals surface area contributed by atoms with Gasteiger partial charge in [-0.05, 0) is 12.5 Å². The van der Waals surface area contributed by atoms with Crippen LogP contribution in [0.4, 0.5) is 0 Å². The lowest BCUT2D eigenvalue weighted by Gasteiger charge is -2.13. The zero-order chi connectivity index (χ0) is 12.0. The highest BCUT2D eigenvalue weighted by Crippen LogP contribution is 2.00. The van der Waals surface area contributed by atoms with Crippen LogP contribution in [0.2, 0.25) is 0 Å². The van der Waals surface area contributed by atoms with Gasteiger partial charge in [0.15, 0.2) is 0 Å². The summed E-state index contributed by atoms with van der Waals surface area (Å²) in [6, 6.07) is 8.94. The maximum atomic E-state index is 11.2. The van der Waals surface area contributed by atoms with Crippen molar-refractivity contribution in [2.45, 2.75) is 25.9 Å². The van der Waals surface area contributed by atoms with Crippen LogP contribution >= 0.6 is 0 Å². The smallest absolute Gasteiger partial charge is 0.305 e. The lowest BCUT2D eigenvalue weighted by molar-refractivity contribution is -0.139. The minimum atomic E-state index is -0.972. The van der Waals surface area contributed by atoms with Crippen molar-refractivity contribution in [3.63, 3.8) is 0 Å². The van der Waals surface area contributed by atoms with E-state index in [1.54, 1.807) is 0 Å². The third-order valence-electron chi connectivity index (χ3n) is 2.26. The molecule has 4 heteroatoms. The Balaban J connectivity index is 2.50. The van der Waals surface area contributed by atoms with Gasteiger partial charge in [-0.2, -0.15) is 0 Å². The minimum absolute atomic E-state index is 0.154. The van der Waals surface area contributed by atoms with E-state index < -0.39 is 12.0 Å². The van der Waals surface area contributed by atoms with Crippen LogP contribution in [0.5, 0.6) is 0 Å². The fourth-order valence-corrected chi connectivity index (χ4v) is 1.37. The molecular weight excluding hydrogens is 206 g/mol. The fraction of sp³-hybridized carbons (Fsp3) is 0.333. The Hall–Kier alpha value is -1.68. The van der Waals surface area contributed by atoms with Crippen LogP contribution in [-0.4, -0.2) is 22.9 Å². The molecule has 1 rings (SSSR count). The first-order valence-electron chi connectivity index (χ1n) is 5.09. The molecule has 16 heavy (non-hydrogen) atoms. The normalized spacial score (nSPS) is 12.1. The predicted molar refractivity (Wildman–Crippen MR) is 60.0 cm³/mol. The minimum Gasteiger partial charge on any atom is -0.481 e. The highest BCUT2D eigenvalue weighted by molar-refractivity contribution is 5.85. The lowest BCUT2D eigenvalue weighted by atomic mass is 10.1. The molecule has 1 unspecified atom stereocenters. The zero-order valence-electron chi connectivity index (χ0n) is 9.14. The number of carbonyl (C=O) groups excluding carboxylic acids is 1. The predicted octanol–water partition coefficient (Wildman–Crippen LogP) is 1.21. The topological polar surface area (TPSA) is 66.4 Å². The molecule has 0 aromatic heterocycles. The standard InChI is InChI=1S/C12H15NO3/c1-9(14)11(7-12(15)16)13-8-10-5-3-2-4-6-10/h2-6,11,13H,7-8H2,1H3,(H,15,16). The van der Waals surface area contributed by atoms with E-state index in [4.69, 9.17) is 5.11 Å². The second kappa shape index (κ2) is 6.02. The monoisotopic (exact) mass is 221 g/mol. The SMILES string of the molecule is CC(=O)C(CC(=O)O)NCc1ccccc1. The van der Waals surface area contributed by atoms with Crippen molar-refractivity contribution in [1.82, 2.24) is 5.32 Å². The second-order valence-corrected chi connectivity index (χ2v) is 3.63. The van der Waals surface area contributed by atoms with E-state index in [2.05, 4.69) is 5.32 Å². The highest BCUT2D eigenvalue weighted by Gasteiger charge is 2.16. The van der Waals surface area contributed by atoms with Crippen molar-refractivity contribution in [2.75, 3.05) is 0 Å². The van der Waals surface area contributed by atoms with Crippen molar-refractivity contribution < 1.29 is 14.7 Å². The summed E-state index contributed by atoms with van der Waals surface area (Å²) in [5.41, 5.74) is 1.03. The molecule has 1 atom stereocenters. The molecule has 1 aromatic carbocycles. The van der Waals surface area contributed by atoms with Crippen LogP contribution in [0.1, 0.15) is 18.9 Å². The van der Waals surface area contributed by atoms with Gasteiger partial charge in [0.2, 0.25) is 0 Å². The van der Waals surface area contributed by atoms with Gasteiger partial charge < -0.3 is 10.4 Å². The molecule has 0 aliphatic rings. The van der Waals surface area contributed by atoms with Crippen LogP contribution < -0.4 is 5.32 Å². The number of rotatable bonds is 6. The number of hydrogen-bond acceptors (Lipinski definition) is 3. The Bertz CT molecular complexity index is 362. The first-order chi connectivity index (χ1) is 7.59. The van der Waals surface area contributed by atoms with Gasteiger partial charge in [0.25, 0.3) is 0 Å². The third kappa shape index (κ3) is 4.23. The molecule has 0 amide bonds. The van der Waals surface area contributed by atoms with Crippen molar-refractivity contribution >= 4 is 11.8 Å². The van der Waals surface area contributed by atoms with E-state index in [-0.39, 0.29) is 12.2 Å². The summed E-state index contributed by atoms with van der Waals surface area (Å²) in [4.78, 5) is 21.7. The van der Waals surface area contributed by atoms with Crippen molar-refractivity contribution in [3.05, 3.63) is 35.9 Å². The number of aliphatic carboxylic acids is 1. The van der Waals surface area contributed by atoms with Gasteiger partial charge in [-0.15, -0.1) is 0 Å². The van der Waals surface area contributed by atoms with Crippen LogP contribution in [0.15, 0.2) is 30.3 Å². The summed E-state index contributed by atoms with van der Waals surface area (Å²) in [6.45, 7) is 1.89. The molecule has 0 spiro atoms. The number of benzene rings is 1. The summed E-state index contributed by atoms with van der Waals surface area (Å²) in [5.74, 6) is -1.13. The van der Waals surface area contributed by atoms with Crippen LogP contribution in [0.25, 0.3) is 0 Å². The maximum absolute atomic E-state index is 11.2. The summed E-state index contributed by atoms with van der Waals surface area (Å²) in [6.07, 6.45) is -0.178. The van der Waals surface area contributed by atoms with Crippen molar-refractivity contribution in [2.24, 2.45) is 0 Å². The van der Waals surface area contributed by atoms with Gasteiger partial charge in [-0.25, -0.2) is 0 Å².